The third kappa shape index (κ3) is 3.78. The number of benzene rings is 1. The second kappa shape index (κ2) is 7.16. The van der Waals surface area contributed by atoms with E-state index >= 15 is 0 Å². The summed E-state index contributed by atoms with van der Waals surface area (Å²) in [5.74, 6) is -0.202. The Bertz CT molecular complexity index is 436. The molecule has 1 heterocycles. The molecule has 112 valence electrons. The average Bonchev–Trinajstić information content (AvgIpc) is 2.88. The Balaban J connectivity index is 1.92. The molecule has 3 nitrogen and oxygen atoms in total. The summed E-state index contributed by atoms with van der Waals surface area (Å²) in [6, 6.07) is 5.94. The van der Waals surface area contributed by atoms with Crippen LogP contribution in [0.25, 0.3) is 0 Å². The van der Waals surface area contributed by atoms with Crippen molar-refractivity contribution in [1.29, 1.82) is 0 Å². The fourth-order valence-electron chi connectivity index (χ4n) is 3.14. The Kier molecular flexibility index (Phi) is 5.52. The third-order valence-corrected chi connectivity index (χ3v) is 4.21. The molecule has 0 radical (unpaired) electrons. The molecule has 2 N–H and O–H groups in total. The van der Waals surface area contributed by atoms with E-state index in [0.717, 1.165) is 25.2 Å². The van der Waals surface area contributed by atoms with Crippen LogP contribution in [0.2, 0.25) is 0 Å². The van der Waals surface area contributed by atoms with Gasteiger partial charge in [-0.2, -0.15) is 0 Å². The van der Waals surface area contributed by atoms with Gasteiger partial charge in [-0.05, 0) is 44.6 Å². The van der Waals surface area contributed by atoms with Crippen molar-refractivity contribution in [3.8, 4) is 0 Å². The van der Waals surface area contributed by atoms with Crippen LogP contribution in [0.4, 0.5) is 4.39 Å². The Morgan fingerprint density at radius 1 is 1.45 bits per heavy atom. The normalized spacial score (nSPS) is 19.9. The highest BCUT2D eigenvalue weighted by Crippen LogP contribution is 2.18. The topological polar surface area (TPSA) is 32.5 Å². The van der Waals surface area contributed by atoms with Crippen molar-refractivity contribution < 1.29 is 4.39 Å². The summed E-state index contributed by atoms with van der Waals surface area (Å²) in [6.45, 7) is 6.77. The molecule has 1 atom stereocenters. The highest BCUT2D eigenvalue weighted by molar-refractivity contribution is 5.25. The SMILES string of the molecule is CCN1CCCC1CN(C)Cc1ccc(F)c(CN)c1. The molecule has 0 aromatic heterocycles. The predicted octanol–water partition coefficient (Wildman–Crippen LogP) is 2.20. The van der Waals surface area contributed by atoms with Crippen LogP contribution in [0.15, 0.2) is 18.2 Å². The number of likely N-dealkylation sites (N-methyl/N-ethyl adjacent to an activating group) is 2. The highest BCUT2D eigenvalue weighted by Gasteiger charge is 2.23. The lowest BCUT2D eigenvalue weighted by atomic mass is 10.1. The van der Waals surface area contributed by atoms with Crippen molar-refractivity contribution in [3.05, 3.63) is 35.1 Å². The van der Waals surface area contributed by atoms with Crippen LogP contribution in [0, 0.1) is 5.82 Å². The second-order valence-electron chi connectivity index (χ2n) is 5.75. The maximum atomic E-state index is 13.4. The monoisotopic (exact) mass is 279 g/mol. The number of hydrogen-bond donors (Lipinski definition) is 1. The van der Waals surface area contributed by atoms with Crippen LogP contribution in [0.5, 0.6) is 0 Å². The fraction of sp³-hybridized carbons (Fsp3) is 0.625. The van der Waals surface area contributed by atoms with Crippen LogP contribution >= 0.6 is 0 Å². The number of hydrogen-bond acceptors (Lipinski definition) is 3. The minimum absolute atomic E-state index is 0.202. The predicted molar refractivity (Wildman–Crippen MR) is 80.9 cm³/mol. The molecule has 1 fully saturated rings. The molecule has 1 aromatic rings. The first-order valence-electron chi connectivity index (χ1n) is 7.54. The molecule has 0 spiro atoms. The smallest absolute Gasteiger partial charge is 0.127 e. The van der Waals surface area contributed by atoms with E-state index in [0.29, 0.717) is 11.6 Å². The summed E-state index contributed by atoms with van der Waals surface area (Å²) in [5, 5.41) is 0. The van der Waals surface area contributed by atoms with Crippen molar-refractivity contribution in [2.45, 2.75) is 38.9 Å². The van der Waals surface area contributed by atoms with Gasteiger partial charge in [0.2, 0.25) is 0 Å². The maximum absolute atomic E-state index is 13.4. The molecule has 1 unspecified atom stereocenters. The van der Waals surface area contributed by atoms with E-state index < -0.39 is 0 Å². The van der Waals surface area contributed by atoms with Crippen LogP contribution in [0.1, 0.15) is 30.9 Å². The van der Waals surface area contributed by atoms with Gasteiger partial charge in [-0.25, -0.2) is 4.39 Å². The van der Waals surface area contributed by atoms with Crippen LogP contribution in [-0.2, 0) is 13.1 Å². The van der Waals surface area contributed by atoms with E-state index in [2.05, 4.69) is 23.8 Å². The average molecular weight is 279 g/mol. The molecular weight excluding hydrogens is 253 g/mol. The van der Waals surface area contributed by atoms with E-state index in [1.165, 1.54) is 25.5 Å². The summed E-state index contributed by atoms with van der Waals surface area (Å²) < 4.78 is 13.4. The summed E-state index contributed by atoms with van der Waals surface area (Å²) >= 11 is 0. The molecule has 1 aliphatic rings. The van der Waals surface area contributed by atoms with Gasteiger partial charge in [0.15, 0.2) is 0 Å². The van der Waals surface area contributed by atoms with E-state index in [1.807, 2.05) is 12.1 Å². The first-order chi connectivity index (χ1) is 9.63. The van der Waals surface area contributed by atoms with Crippen molar-refractivity contribution in [1.82, 2.24) is 9.80 Å². The zero-order valence-electron chi connectivity index (χ0n) is 12.6. The zero-order chi connectivity index (χ0) is 14.5. The van der Waals surface area contributed by atoms with Gasteiger partial charge in [-0.15, -0.1) is 0 Å². The number of nitrogens with two attached hydrogens (primary N) is 1. The largest absolute Gasteiger partial charge is 0.326 e. The summed E-state index contributed by atoms with van der Waals surface area (Å²) in [7, 11) is 2.14. The van der Waals surface area contributed by atoms with Crippen molar-refractivity contribution in [3.63, 3.8) is 0 Å². The van der Waals surface area contributed by atoms with Gasteiger partial charge < -0.3 is 10.6 Å². The summed E-state index contributed by atoms with van der Waals surface area (Å²) in [6.07, 6.45) is 2.59. The Hall–Kier alpha value is -0.970. The van der Waals surface area contributed by atoms with Gasteiger partial charge in [-0.1, -0.05) is 19.1 Å². The molecule has 0 amide bonds. The summed E-state index contributed by atoms with van der Waals surface area (Å²) in [4.78, 5) is 4.87. The lowest BCUT2D eigenvalue weighted by Crippen LogP contribution is -2.38. The number of nitrogens with zero attached hydrogens (tertiary/aromatic N) is 2. The molecule has 0 saturated carbocycles. The van der Waals surface area contributed by atoms with Gasteiger partial charge in [0.05, 0.1) is 0 Å². The van der Waals surface area contributed by atoms with Crippen molar-refractivity contribution in [2.24, 2.45) is 5.73 Å². The lowest BCUT2D eigenvalue weighted by molar-refractivity contribution is 0.195. The maximum Gasteiger partial charge on any atom is 0.127 e. The molecule has 4 heteroatoms. The molecule has 0 bridgehead atoms. The van der Waals surface area contributed by atoms with Crippen LogP contribution in [0.3, 0.4) is 0 Å². The van der Waals surface area contributed by atoms with E-state index in [-0.39, 0.29) is 12.4 Å². The van der Waals surface area contributed by atoms with Gasteiger partial charge in [0, 0.05) is 31.2 Å². The van der Waals surface area contributed by atoms with E-state index in [9.17, 15) is 4.39 Å². The molecule has 2 rings (SSSR count). The van der Waals surface area contributed by atoms with E-state index in [1.54, 1.807) is 0 Å². The fourth-order valence-corrected chi connectivity index (χ4v) is 3.14. The highest BCUT2D eigenvalue weighted by atomic mass is 19.1. The van der Waals surface area contributed by atoms with Gasteiger partial charge in [0.1, 0.15) is 5.82 Å². The molecular formula is C16H26FN3. The first kappa shape index (κ1) is 15.4. The van der Waals surface area contributed by atoms with E-state index in [4.69, 9.17) is 5.73 Å². The van der Waals surface area contributed by atoms with Crippen LogP contribution in [-0.4, -0.2) is 42.5 Å². The van der Waals surface area contributed by atoms with Gasteiger partial charge >= 0.3 is 0 Å². The second-order valence-corrected chi connectivity index (χ2v) is 5.75. The van der Waals surface area contributed by atoms with Gasteiger partial charge in [-0.3, -0.25) is 4.90 Å². The standard InChI is InChI=1S/C16H26FN3/c1-3-20-8-4-5-15(20)12-19(2)11-13-6-7-16(17)14(9-13)10-18/h6-7,9,15H,3-5,8,10-12,18H2,1-2H3. The minimum Gasteiger partial charge on any atom is -0.326 e. The Morgan fingerprint density at radius 3 is 2.95 bits per heavy atom. The van der Waals surface area contributed by atoms with Crippen molar-refractivity contribution in [2.75, 3.05) is 26.7 Å². The minimum atomic E-state index is -0.202. The first-order valence-corrected chi connectivity index (χ1v) is 7.54. The summed E-state index contributed by atoms with van der Waals surface area (Å²) in [5.41, 5.74) is 7.30. The zero-order valence-corrected chi connectivity index (χ0v) is 12.6. The number of likely N-dealkylation sites (tertiary alicyclic amines) is 1. The molecule has 20 heavy (non-hydrogen) atoms. The number of halogens is 1. The van der Waals surface area contributed by atoms with Crippen LogP contribution < -0.4 is 5.73 Å². The molecule has 1 aliphatic heterocycles. The van der Waals surface area contributed by atoms with Crippen molar-refractivity contribution >= 4 is 0 Å². The number of rotatable bonds is 6. The Morgan fingerprint density at radius 2 is 2.25 bits per heavy atom. The lowest BCUT2D eigenvalue weighted by Gasteiger charge is -2.27. The third-order valence-electron chi connectivity index (χ3n) is 4.21. The Labute approximate surface area is 121 Å². The quantitative estimate of drug-likeness (QED) is 0.866. The molecule has 1 saturated heterocycles. The molecule has 0 aliphatic carbocycles. The molecule has 1 aromatic carbocycles. The van der Waals surface area contributed by atoms with Gasteiger partial charge in [0.25, 0.3) is 0 Å².